The van der Waals surface area contributed by atoms with Crippen LogP contribution in [0, 0.1) is 5.92 Å². The Hall–Kier alpha value is -1.80. The number of nitrogens with zero attached hydrogens (tertiary/aromatic N) is 1. The number of nitrogens with one attached hydrogen (secondary N) is 1. The molecule has 2 saturated heterocycles. The molecule has 0 aromatic carbocycles. The van der Waals surface area contributed by atoms with Crippen molar-refractivity contribution in [2.45, 2.75) is 32.2 Å². The Bertz CT molecular complexity index is 500. The smallest absolute Gasteiger partial charge is 0.465 e. The molecule has 0 bridgehead atoms. The number of likely N-dealkylation sites (tertiary alicyclic amines) is 1. The topological polar surface area (TPSA) is 110 Å². The van der Waals surface area contributed by atoms with Crippen LogP contribution in [0.25, 0.3) is 0 Å². The molecular weight excluding hydrogens is 292 g/mol. The number of hydrogen-bond donors (Lipinski definition) is 2. The van der Waals surface area contributed by atoms with Gasteiger partial charge in [0.05, 0.1) is 13.0 Å². The third kappa shape index (κ3) is 2.64. The van der Waals surface area contributed by atoms with Crippen molar-refractivity contribution in [1.82, 2.24) is 5.32 Å². The monoisotopic (exact) mass is 313 g/mol. The minimum atomic E-state index is -1.61. The van der Waals surface area contributed by atoms with Crippen molar-refractivity contribution < 1.29 is 33.5 Å². The summed E-state index contributed by atoms with van der Waals surface area (Å²) < 4.78 is 3.95. The van der Waals surface area contributed by atoms with E-state index in [2.05, 4.69) is 5.32 Å². The number of amides is 2. The van der Waals surface area contributed by atoms with Gasteiger partial charge in [-0.05, 0) is 6.92 Å². The van der Waals surface area contributed by atoms with Crippen LogP contribution >= 0.6 is 0 Å². The van der Waals surface area contributed by atoms with Crippen molar-refractivity contribution in [3.63, 3.8) is 0 Å². The van der Waals surface area contributed by atoms with E-state index in [0.29, 0.717) is 25.9 Å². The molecule has 2 aliphatic heterocycles. The van der Waals surface area contributed by atoms with Gasteiger partial charge >= 0.3 is 18.0 Å². The maximum atomic E-state index is 12.8. The van der Waals surface area contributed by atoms with Crippen LogP contribution in [0.5, 0.6) is 0 Å². The van der Waals surface area contributed by atoms with Crippen LogP contribution in [0.3, 0.4) is 0 Å². The molecule has 0 saturated carbocycles. The Morgan fingerprint density at radius 1 is 1.32 bits per heavy atom. The fraction of sp³-hybridized carbons (Fsp3) is 0.714. The number of imide groups is 1. The Morgan fingerprint density at radius 2 is 1.95 bits per heavy atom. The maximum absolute atomic E-state index is 12.8. The fourth-order valence-electron chi connectivity index (χ4n) is 3.32. The second-order valence-corrected chi connectivity index (χ2v) is 5.60. The fourth-order valence-corrected chi connectivity index (χ4v) is 3.32. The molecule has 122 valence electrons. The normalized spacial score (nSPS) is 30.1. The number of ketones is 1. The van der Waals surface area contributed by atoms with E-state index in [4.69, 9.17) is 4.74 Å². The molecule has 22 heavy (non-hydrogen) atoms. The van der Waals surface area contributed by atoms with Crippen molar-refractivity contribution in [2.24, 2.45) is 5.92 Å². The van der Waals surface area contributed by atoms with Gasteiger partial charge in [0, 0.05) is 25.9 Å². The lowest BCUT2D eigenvalue weighted by atomic mass is 9.89. The molecule has 8 heteroatoms. The summed E-state index contributed by atoms with van der Waals surface area (Å²) >= 11 is 0. The van der Waals surface area contributed by atoms with Crippen LogP contribution in [0.2, 0.25) is 0 Å². The number of piperidine rings is 2. The van der Waals surface area contributed by atoms with Gasteiger partial charge in [-0.2, -0.15) is 9.28 Å². The second-order valence-electron chi connectivity index (χ2n) is 5.60. The quantitative estimate of drug-likeness (QED) is 0.426. The minimum Gasteiger partial charge on any atom is -0.465 e. The number of carbonyl (C=O) groups excluding carboxylic acids is 3. The van der Waals surface area contributed by atoms with Crippen molar-refractivity contribution >= 4 is 23.8 Å². The van der Waals surface area contributed by atoms with Gasteiger partial charge in [-0.25, -0.2) is 4.79 Å². The number of hydrogen-bond acceptors (Lipinski definition) is 6. The maximum Gasteiger partial charge on any atom is 0.521 e. The van der Waals surface area contributed by atoms with Gasteiger partial charge in [-0.15, -0.1) is 0 Å². The average molecular weight is 313 g/mol. The molecule has 2 unspecified atom stereocenters. The molecule has 0 aliphatic carbocycles. The van der Waals surface area contributed by atoms with Crippen LogP contribution in [0.15, 0.2) is 0 Å². The van der Waals surface area contributed by atoms with Crippen LogP contribution < -0.4 is 5.32 Å². The Kier molecular flexibility index (Phi) is 4.92. The highest BCUT2D eigenvalue weighted by Crippen LogP contribution is 2.31. The van der Waals surface area contributed by atoms with E-state index < -0.39 is 40.2 Å². The average Bonchev–Trinajstić information content (AvgIpc) is 2.48. The Labute approximate surface area is 128 Å². The zero-order valence-corrected chi connectivity index (χ0v) is 12.5. The number of ether oxygens (including phenoxy) is 1. The first kappa shape index (κ1) is 16.6. The number of esters is 1. The standard InChI is InChI=1S/C14H20N2O6/c1-2-22-13(19)11-10(17)5-8-16(12(11)18,14(20)21)9-3-6-15-7-4-9/h9,11,15H,2-8H2,1H3/p+1. The van der Waals surface area contributed by atoms with Crippen LogP contribution in [-0.2, 0) is 19.1 Å². The Morgan fingerprint density at radius 3 is 2.50 bits per heavy atom. The highest BCUT2D eigenvalue weighted by molar-refractivity contribution is 6.17. The largest absolute Gasteiger partial charge is 0.521 e. The van der Waals surface area contributed by atoms with Crippen molar-refractivity contribution in [1.29, 1.82) is 0 Å². The summed E-state index contributed by atoms with van der Waals surface area (Å²) in [6.07, 6.45) is -0.367. The molecular formula is C14H21N2O6+. The molecule has 0 aromatic rings. The van der Waals surface area contributed by atoms with E-state index >= 15 is 0 Å². The van der Waals surface area contributed by atoms with E-state index in [-0.39, 0.29) is 19.6 Å². The molecule has 8 nitrogen and oxygen atoms in total. The van der Waals surface area contributed by atoms with Crippen molar-refractivity contribution in [2.75, 3.05) is 26.2 Å². The zero-order valence-electron chi connectivity index (χ0n) is 12.5. The third-order valence-corrected chi connectivity index (χ3v) is 4.47. The first-order valence-electron chi connectivity index (χ1n) is 7.50. The summed E-state index contributed by atoms with van der Waals surface area (Å²) in [5, 5.41) is 12.8. The zero-order chi connectivity index (χ0) is 16.3. The molecule has 2 atom stereocenters. The van der Waals surface area contributed by atoms with Gasteiger partial charge in [-0.1, -0.05) is 0 Å². The molecule has 2 fully saturated rings. The predicted octanol–water partition coefficient (Wildman–Crippen LogP) is -0.0881. The van der Waals surface area contributed by atoms with E-state index in [1.165, 1.54) is 0 Å². The third-order valence-electron chi connectivity index (χ3n) is 4.47. The highest BCUT2D eigenvalue weighted by atomic mass is 16.5. The van der Waals surface area contributed by atoms with Crippen LogP contribution in [0.4, 0.5) is 4.79 Å². The summed E-state index contributed by atoms with van der Waals surface area (Å²) in [7, 11) is 0. The van der Waals surface area contributed by atoms with Crippen LogP contribution in [0.1, 0.15) is 26.2 Å². The number of rotatable bonds is 3. The number of carboxylic acid groups (broad SMARTS) is 1. The van der Waals surface area contributed by atoms with Gasteiger partial charge in [0.15, 0.2) is 5.78 Å². The second kappa shape index (κ2) is 6.53. The predicted molar refractivity (Wildman–Crippen MR) is 73.8 cm³/mol. The molecule has 2 amide bonds. The summed E-state index contributed by atoms with van der Waals surface area (Å²) in [6, 6.07) is -0.420. The van der Waals surface area contributed by atoms with E-state index in [1.807, 2.05) is 0 Å². The van der Waals surface area contributed by atoms with E-state index in [1.54, 1.807) is 6.92 Å². The first-order valence-corrected chi connectivity index (χ1v) is 7.50. The number of Topliss-reactive ketones (excluding diaryl/α,β-unsaturated/α-hetero) is 1. The molecule has 0 aromatic heterocycles. The lowest BCUT2D eigenvalue weighted by molar-refractivity contribution is -0.812. The van der Waals surface area contributed by atoms with Gasteiger partial charge in [-0.3, -0.25) is 9.59 Å². The molecule has 2 N–H and O–H groups in total. The number of carbonyl (C=O) groups is 4. The van der Waals surface area contributed by atoms with E-state index in [9.17, 15) is 24.3 Å². The SMILES string of the molecule is CCOC(=O)C1C(=O)CC[N+](C(=O)O)(C2CCNCC2)C1=O. The lowest BCUT2D eigenvalue weighted by Crippen LogP contribution is -2.70. The molecule has 2 rings (SSSR count). The van der Waals surface area contributed by atoms with Crippen LogP contribution in [-0.4, -0.2) is 65.6 Å². The van der Waals surface area contributed by atoms with E-state index in [0.717, 1.165) is 0 Å². The first-order chi connectivity index (χ1) is 10.4. The van der Waals surface area contributed by atoms with Gasteiger partial charge < -0.3 is 15.2 Å². The van der Waals surface area contributed by atoms with Crippen molar-refractivity contribution in [3.05, 3.63) is 0 Å². The summed E-state index contributed by atoms with van der Waals surface area (Å²) in [5.41, 5.74) is 0. The molecule has 0 spiro atoms. The van der Waals surface area contributed by atoms with Gasteiger partial charge in [0.25, 0.3) is 0 Å². The minimum absolute atomic E-state index is 0.0380. The summed E-state index contributed by atoms with van der Waals surface area (Å²) in [5.74, 6) is -3.95. The molecule has 2 heterocycles. The highest BCUT2D eigenvalue weighted by Gasteiger charge is 2.61. The number of quaternary nitrogens is 1. The Balaban J connectivity index is 2.37. The summed E-state index contributed by atoms with van der Waals surface area (Å²) in [6.45, 7) is 2.75. The van der Waals surface area contributed by atoms with Crippen molar-refractivity contribution in [3.8, 4) is 0 Å². The lowest BCUT2D eigenvalue weighted by Gasteiger charge is -2.42. The van der Waals surface area contributed by atoms with Gasteiger partial charge in [0.1, 0.15) is 12.6 Å². The molecule has 2 aliphatic rings. The summed E-state index contributed by atoms with van der Waals surface area (Å²) in [4.78, 5) is 48.6. The van der Waals surface area contributed by atoms with Gasteiger partial charge in [0.2, 0.25) is 5.92 Å². The molecule has 0 radical (unpaired) electrons.